The second-order valence-corrected chi connectivity index (χ2v) is 5.10. The molecule has 1 aromatic rings. The van der Waals surface area contributed by atoms with Crippen molar-refractivity contribution in [3.05, 3.63) is 17.0 Å². The van der Waals surface area contributed by atoms with Gasteiger partial charge in [0.1, 0.15) is 0 Å². The Morgan fingerprint density at radius 3 is 2.56 bits per heavy atom. The van der Waals surface area contributed by atoms with E-state index in [1.165, 1.54) is 0 Å². The largest absolute Gasteiger partial charge is 0.417 e. The highest BCUT2D eigenvalue weighted by Gasteiger charge is 2.31. The molecule has 9 heteroatoms. The molecule has 100 valence electrons. The van der Waals surface area contributed by atoms with Crippen molar-refractivity contribution in [3.8, 4) is 0 Å². The van der Waals surface area contributed by atoms with Crippen LogP contribution >= 0.6 is 23.1 Å². The van der Waals surface area contributed by atoms with Crippen molar-refractivity contribution in [1.29, 1.82) is 0 Å². The summed E-state index contributed by atoms with van der Waals surface area (Å²) in [6.45, 7) is 0. The van der Waals surface area contributed by atoms with E-state index in [0.29, 0.717) is 0 Å². The predicted molar refractivity (Wildman–Crippen MR) is 64.5 cm³/mol. The Bertz CT molecular complexity index is 445. The van der Waals surface area contributed by atoms with Gasteiger partial charge in [0.05, 0.1) is 22.1 Å². The summed E-state index contributed by atoms with van der Waals surface area (Å²) in [4.78, 5) is 21.7. The lowest BCUT2D eigenvalue weighted by atomic mass is 10.3. The third-order valence-electron chi connectivity index (χ3n) is 1.67. The van der Waals surface area contributed by atoms with Crippen LogP contribution in [0.3, 0.4) is 0 Å². The Labute approximate surface area is 109 Å². The molecule has 0 spiro atoms. The lowest BCUT2D eigenvalue weighted by Crippen LogP contribution is -2.18. The van der Waals surface area contributed by atoms with Gasteiger partial charge in [0.2, 0.25) is 11.8 Å². The van der Waals surface area contributed by atoms with E-state index in [-0.39, 0.29) is 16.5 Å². The minimum absolute atomic E-state index is 0.00827. The zero-order valence-electron chi connectivity index (χ0n) is 8.91. The number of anilines is 1. The quantitative estimate of drug-likeness (QED) is 0.872. The van der Waals surface area contributed by atoms with E-state index in [2.05, 4.69) is 5.32 Å². The summed E-state index contributed by atoms with van der Waals surface area (Å²) < 4.78 is 36.8. The normalized spacial score (nSPS) is 11.3. The van der Waals surface area contributed by atoms with Crippen LogP contribution in [0, 0.1) is 0 Å². The van der Waals surface area contributed by atoms with Gasteiger partial charge in [-0.15, -0.1) is 23.1 Å². The number of primary amides is 1. The summed E-state index contributed by atoms with van der Waals surface area (Å²) in [5.41, 5.74) is 4.07. The van der Waals surface area contributed by atoms with Crippen LogP contribution in [0.4, 0.5) is 18.2 Å². The van der Waals surface area contributed by atoms with E-state index in [1.54, 1.807) is 0 Å². The third-order valence-corrected chi connectivity index (χ3v) is 3.47. The van der Waals surface area contributed by atoms with Gasteiger partial charge in [0.25, 0.3) is 0 Å². The monoisotopic (exact) mass is 298 g/mol. The third kappa shape index (κ3) is 4.96. The minimum atomic E-state index is -4.42. The van der Waals surface area contributed by atoms with Gasteiger partial charge in [0.15, 0.2) is 0 Å². The molecule has 1 heterocycles. The van der Waals surface area contributed by atoms with Crippen LogP contribution in [0.1, 0.15) is 5.56 Å². The number of amides is 2. The Morgan fingerprint density at radius 1 is 1.39 bits per heavy atom. The number of halogens is 3. The van der Waals surface area contributed by atoms with Gasteiger partial charge in [-0.25, -0.2) is 0 Å². The van der Waals surface area contributed by atoms with Crippen LogP contribution in [0.25, 0.3) is 0 Å². The van der Waals surface area contributed by atoms with E-state index < -0.39 is 23.6 Å². The fourth-order valence-electron chi connectivity index (χ4n) is 0.968. The zero-order chi connectivity index (χ0) is 13.8. The van der Waals surface area contributed by atoms with Gasteiger partial charge in [0, 0.05) is 5.38 Å². The Hall–Kier alpha value is -1.22. The molecule has 0 atom stereocenters. The molecule has 4 nitrogen and oxygen atoms in total. The fourth-order valence-corrected chi connectivity index (χ4v) is 2.35. The summed E-state index contributed by atoms with van der Waals surface area (Å²) in [7, 11) is 0. The molecule has 0 saturated heterocycles. The van der Waals surface area contributed by atoms with Crippen molar-refractivity contribution in [2.45, 2.75) is 6.18 Å². The number of hydrogen-bond donors (Lipinski definition) is 2. The van der Waals surface area contributed by atoms with E-state index in [1.807, 2.05) is 0 Å². The highest BCUT2D eigenvalue weighted by molar-refractivity contribution is 8.00. The first-order valence-corrected chi connectivity index (χ1v) is 6.64. The maximum absolute atomic E-state index is 12.3. The van der Waals surface area contributed by atoms with Crippen molar-refractivity contribution < 1.29 is 22.8 Å². The molecule has 0 aliphatic heterocycles. The lowest BCUT2D eigenvalue weighted by Gasteiger charge is -2.02. The first-order chi connectivity index (χ1) is 8.29. The van der Waals surface area contributed by atoms with Crippen LogP contribution in [0.2, 0.25) is 0 Å². The number of thioether (sulfide) groups is 1. The molecule has 0 fully saturated rings. The average molecular weight is 298 g/mol. The molecule has 0 bridgehead atoms. The van der Waals surface area contributed by atoms with Crippen molar-refractivity contribution in [2.75, 3.05) is 16.8 Å². The molecule has 1 rings (SSSR count). The molecule has 0 saturated carbocycles. The average Bonchev–Trinajstić information content (AvgIpc) is 2.64. The Morgan fingerprint density at radius 2 is 2.06 bits per heavy atom. The van der Waals surface area contributed by atoms with Crippen molar-refractivity contribution >= 4 is 39.9 Å². The highest BCUT2D eigenvalue weighted by atomic mass is 32.2. The van der Waals surface area contributed by atoms with Gasteiger partial charge in [-0.3, -0.25) is 9.59 Å². The summed E-state index contributed by atoms with van der Waals surface area (Å²) in [5.74, 6) is -1.08. The van der Waals surface area contributed by atoms with Gasteiger partial charge in [-0.1, -0.05) is 0 Å². The first-order valence-electron chi connectivity index (χ1n) is 4.60. The van der Waals surface area contributed by atoms with E-state index in [9.17, 15) is 22.8 Å². The molecular weight excluding hydrogens is 289 g/mol. The van der Waals surface area contributed by atoms with Crippen LogP contribution in [-0.2, 0) is 15.8 Å². The van der Waals surface area contributed by atoms with Crippen LogP contribution in [0.15, 0.2) is 11.4 Å². The number of thiophene rings is 1. The standard InChI is InChI=1S/C9H9F3N2O2S2/c10-9(11,12)5-1-8(18-2-5)14-7(16)4-17-3-6(13)15/h1-2H,3-4H2,(H2,13,15)(H,14,16). The van der Waals surface area contributed by atoms with Crippen LogP contribution < -0.4 is 11.1 Å². The summed E-state index contributed by atoms with van der Waals surface area (Å²) in [5, 5.41) is 3.36. The van der Waals surface area contributed by atoms with Crippen molar-refractivity contribution in [2.24, 2.45) is 5.73 Å². The van der Waals surface area contributed by atoms with Crippen molar-refractivity contribution in [3.63, 3.8) is 0 Å². The topological polar surface area (TPSA) is 72.2 Å². The van der Waals surface area contributed by atoms with Crippen molar-refractivity contribution in [1.82, 2.24) is 0 Å². The highest BCUT2D eigenvalue weighted by Crippen LogP contribution is 2.34. The summed E-state index contributed by atoms with van der Waals surface area (Å²) in [6.07, 6.45) is -4.42. The molecule has 1 aromatic heterocycles. The first kappa shape index (κ1) is 14.8. The van der Waals surface area contributed by atoms with Crippen LogP contribution in [0.5, 0.6) is 0 Å². The summed E-state index contributed by atoms with van der Waals surface area (Å²) in [6, 6.07) is 0.862. The number of carbonyl (C=O) groups excluding carboxylic acids is 2. The zero-order valence-corrected chi connectivity index (χ0v) is 10.5. The van der Waals surface area contributed by atoms with Gasteiger partial charge in [-0.2, -0.15) is 13.2 Å². The molecule has 0 aliphatic rings. The van der Waals surface area contributed by atoms with E-state index >= 15 is 0 Å². The second kappa shape index (κ2) is 6.10. The number of rotatable bonds is 5. The fraction of sp³-hybridized carbons (Fsp3) is 0.333. The van der Waals surface area contributed by atoms with Gasteiger partial charge >= 0.3 is 6.18 Å². The SMILES string of the molecule is NC(=O)CSCC(=O)Nc1cc(C(F)(F)F)cs1. The second-order valence-electron chi connectivity index (χ2n) is 3.20. The smallest absolute Gasteiger partial charge is 0.369 e. The van der Waals surface area contributed by atoms with Gasteiger partial charge in [-0.05, 0) is 6.07 Å². The number of nitrogens with one attached hydrogen (secondary N) is 1. The number of alkyl halides is 3. The van der Waals surface area contributed by atoms with E-state index in [0.717, 1.165) is 34.5 Å². The number of nitrogens with two attached hydrogens (primary N) is 1. The number of carbonyl (C=O) groups is 2. The molecule has 18 heavy (non-hydrogen) atoms. The molecule has 3 N–H and O–H groups in total. The maximum atomic E-state index is 12.3. The maximum Gasteiger partial charge on any atom is 0.417 e. The minimum Gasteiger partial charge on any atom is -0.369 e. The van der Waals surface area contributed by atoms with E-state index in [4.69, 9.17) is 5.73 Å². The Balaban J connectivity index is 2.45. The predicted octanol–water partition coefficient (Wildman–Crippen LogP) is 1.92. The van der Waals surface area contributed by atoms with Crippen LogP contribution in [-0.4, -0.2) is 23.3 Å². The molecule has 0 aliphatic carbocycles. The molecule has 0 radical (unpaired) electrons. The molecule has 2 amide bonds. The molecular formula is C9H9F3N2O2S2. The van der Waals surface area contributed by atoms with Gasteiger partial charge < -0.3 is 11.1 Å². The lowest BCUT2D eigenvalue weighted by molar-refractivity contribution is -0.137. The molecule has 0 aromatic carbocycles. The Kier molecular flexibility index (Phi) is 5.03. The summed E-state index contributed by atoms with van der Waals surface area (Å²) >= 11 is 1.79. The molecule has 0 unspecified atom stereocenters. The number of hydrogen-bond acceptors (Lipinski definition) is 4.